The third-order valence-corrected chi connectivity index (χ3v) is 3.10. The fourth-order valence-electron chi connectivity index (χ4n) is 1.36. The largest absolute Gasteiger partial charge is 0.449 e. The number of rotatable bonds is 6. The van der Waals surface area contributed by atoms with Crippen LogP contribution in [0.2, 0.25) is 5.02 Å². The lowest BCUT2D eigenvalue weighted by molar-refractivity contribution is 0.159. The number of nitrogens with one attached hydrogen (secondary N) is 1. The Labute approximate surface area is 117 Å². The highest BCUT2D eigenvalue weighted by Crippen LogP contribution is 2.19. The van der Waals surface area contributed by atoms with Crippen molar-refractivity contribution in [3.05, 3.63) is 28.8 Å². The number of hydrogen-bond acceptors (Lipinski definition) is 2. The fraction of sp³-hybridized carbons (Fsp3) is 0.462. The molecule has 0 radical (unpaired) electrons. The van der Waals surface area contributed by atoms with E-state index in [0.717, 1.165) is 24.8 Å². The van der Waals surface area contributed by atoms with Crippen molar-refractivity contribution in [2.75, 3.05) is 17.8 Å². The van der Waals surface area contributed by atoms with Crippen molar-refractivity contribution in [2.45, 2.75) is 26.2 Å². The lowest BCUT2D eigenvalue weighted by Crippen LogP contribution is -2.14. The highest BCUT2D eigenvalue weighted by molar-refractivity contribution is 6.31. The number of ether oxygens (including phenoxy) is 1. The first-order valence-electron chi connectivity index (χ1n) is 5.89. The van der Waals surface area contributed by atoms with E-state index in [1.807, 2.05) is 13.0 Å². The maximum absolute atomic E-state index is 11.4. The average Bonchev–Trinajstić information content (AvgIpc) is 2.34. The second kappa shape index (κ2) is 8.22. The van der Waals surface area contributed by atoms with E-state index in [1.165, 1.54) is 0 Å². The van der Waals surface area contributed by atoms with Gasteiger partial charge in [-0.05, 0) is 43.9 Å². The average molecular weight is 290 g/mol. The van der Waals surface area contributed by atoms with Crippen LogP contribution in [0.25, 0.3) is 0 Å². The lowest BCUT2D eigenvalue weighted by Gasteiger charge is -2.07. The second-order valence-corrected chi connectivity index (χ2v) is 4.76. The van der Waals surface area contributed by atoms with Crippen LogP contribution in [-0.2, 0) is 4.74 Å². The summed E-state index contributed by atoms with van der Waals surface area (Å²) in [6, 6.07) is 5.33. The van der Waals surface area contributed by atoms with E-state index in [1.54, 1.807) is 12.1 Å². The predicted octanol–water partition coefficient (Wildman–Crippen LogP) is 4.61. The van der Waals surface area contributed by atoms with Crippen molar-refractivity contribution < 1.29 is 9.53 Å². The van der Waals surface area contributed by atoms with E-state index >= 15 is 0 Å². The number of aryl methyl sites for hydroxylation is 1. The minimum atomic E-state index is -0.458. The van der Waals surface area contributed by atoms with Crippen LogP contribution in [0, 0.1) is 6.92 Å². The molecule has 5 heteroatoms. The molecule has 0 heterocycles. The summed E-state index contributed by atoms with van der Waals surface area (Å²) in [5, 5.41) is 3.25. The van der Waals surface area contributed by atoms with Crippen LogP contribution in [-0.4, -0.2) is 18.6 Å². The summed E-state index contributed by atoms with van der Waals surface area (Å²) in [7, 11) is 0. The minimum absolute atomic E-state index is 0.405. The number of alkyl halides is 1. The van der Waals surface area contributed by atoms with Gasteiger partial charge in [0.05, 0.1) is 6.61 Å². The minimum Gasteiger partial charge on any atom is -0.449 e. The first kappa shape index (κ1) is 15.1. The number of unbranched alkanes of at least 4 members (excludes halogenated alkanes) is 2. The van der Waals surface area contributed by atoms with Gasteiger partial charge < -0.3 is 4.74 Å². The lowest BCUT2D eigenvalue weighted by atomic mass is 10.2. The molecule has 0 spiro atoms. The summed E-state index contributed by atoms with van der Waals surface area (Å²) < 4.78 is 5.03. The Balaban J connectivity index is 2.29. The first-order valence-corrected chi connectivity index (χ1v) is 6.80. The summed E-state index contributed by atoms with van der Waals surface area (Å²) >= 11 is 11.5. The molecule has 0 aliphatic carbocycles. The van der Waals surface area contributed by atoms with Crippen molar-refractivity contribution in [3.8, 4) is 0 Å². The summed E-state index contributed by atoms with van der Waals surface area (Å²) in [6.45, 7) is 2.31. The molecule has 1 aromatic carbocycles. The van der Waals surface area contributed by atoms with Crippen LogP contribution >= 0.6 is 23.2 Å². The van der Waals surface area contributed by atoms with Crippen LogP contribution in [0.3, 0.4) is 0 Å². The predicted molar refractivity (Wildman–Crippen MR) is 75.7 cm³/mol. The molecule has 3 nitrogen and oxygen atoms in total. The van der Waals surface area contributed by atoms with Gasteiger partial charge in [-0.2, -0.15) is 0 Å². The van der Waals surface area contributed by atoms with Crippen LogP contribution in [0.5, 0.6) is 0 Å². The highest BCUT2D eigenvalue weighted by atomic mass is 35.5. The molecule has 0 aliphatic rings. The molecule has 0 atom stereocenters. The molecule has 1 aromatic rings. The molecule has 0 bridgehead atoms. The van der Waals surface area contributed by atoms with E-state index in [0.29, 0.717) is 23.2 Å². The zero-order chi connectivity index (χ0) is 13.4. The molecule has 0 fully saturated rings. The molecule has 0 aromatic heterocycles. The van der Waals surface area contributed by atoms with E-state index in [-0.39, 0.29) is 0 Å². The third-order valence-electron chi connectivity index (χ3n) is 2.43. The van der Waals surface area contributed by atoms with E-state index in [2.05, 4.69) is 5.32 Å². The quantitative estimate of drug-likeness (QED) is 0.614. The van der Waals surface area contributed by atoms with Gasteiger partial charge in [0.1, 0.15) is 0 Å². The molecule has 100 valence electrons. The Kier molecular flexibility index (Phi) is 6.91. The zero-order valence-electron chi connectivity index (χ0n) is 10.3. The Bertz CT molecular complexity index is 397. The monoisotopic (exact) mass is 289 g/mol. The Morgan fingerprint density at radius 1 is 1.33 bits per heavy atom. The van der Waals surface area contributed by atoms with Crippen molar-refractivity contribution in [1.82, 2.24) is 0 Å². The zero-order valence-corrected chi connectivity index (χ0v) is 11.9. The van der Waals surface area contributed by atoms with Gasteiger partial charge in [0.15, 0.2) is 0 Å². The molecule has 1 rings (SSSR count). The van der Waals surface area contributed by atoms with Gasteiger partial charge in [0.25, 0.3) is 0 Å². The molecule has 0 saturated carbocycles. The van der Waals surface area contributed by atoms with Gasteiger partial charge in [0.2, 0.25) is 0 Å². The van der Waals surface area contributed by atoms with Crippen molar-refractivity contribution >= 4 is 35.0 Å². The van der Waals surface area contributed by atoms with Crippen LogP contribution in [0.1, 0.15) is 24.8 Å². The standard InChI is InChI=1S/C13H17Cl2NO2/c1-10-5-6-11(9-12(10)15)16-13(17)18-8-4-2-3-7-14/h5-6,9H,2-4,7-8H2,1H3,(H,16,17). The number of carbonyl (C=O) groups excluding carboxylic acids is 1. The second-order valence-electron chi connectivity index (χ2n) is 3.97. The molecule has 0 aliphatic heterocycles. The van der Waals surface area contributed by atoms with E-state index in [9.17, 15) is 4.79 Å². The van der Waals surface area contributed by atoms with Crippen LogP contribution < -0.4 is 5.32 Å². The number of amides is 1. The van der Waals surface area contributed by atoms with Crippen LogP contribution in [0.15, 0.2) is 18.2 Å². The summed E-state index contributed by atoms with van der Waals surface area (Å²) in [5.74, 6) is 0.647. The number of halogens is 2. The van der Waals surface area contributed by atoms with Crippen molar-refractivity contribution in [2.24, 2.45) is 0 Å². The maximum atomic E-state index is 11.4. The van der Waals surface area contributed by atoms with E-state index < -0.39 is 6.09 Å². The van der Waals surface area contributed by atoms with Gasteiger partial charge in [-0.3, -0.25) is 5.32 Å². The smallest absolute Gasteiger partial charge is 0.411 e. The SMILES string of the molecule is Cc1ccc(NC(=O)OCCCCCCl)cc1Cl. The van der Waals surface area contributed by atoms with Crippen molar-refractivity contribution in [3.63, 3.8) is 0 Å². The summed E-state index contributed by atoms with van der Waals surface area (Å²) in [6.07, 6.45) is 2.28. The topological polar surface area (TPSA) is 38.3 Å². The summed E-state index contributed by atoms with van der Waals surface area (Å²) in [4.78, 5) is 11.4. The normalized spacial score (nSPS) is 10.2. The molecule has 0 saturated heterocycles. The van der Waals surface area contributed by atoms with Gasteiger partial charge in [-0.15, -0.1) is 11.6 Å². The number of hydrogen-bond donors (Lipinski definition) is 1. The fourth-order valence-corrected chi connectivity index (χ4v) is 1.73. The molecule has 1 amide bonds. The third kappa shape index (κ3) is 5.61. The Morgan fingerprint density at radius 3 is 2.78 bits per heavy atom. The van der Waals surface area contributed by atoms with E-state index in [4.69, 9.17) is 27.9 Å². The van der Waals surface area contributed by atoms with Crippen molar-refractivity contribution in [1.29, 1.82) is 0 Å². The first-order chi connectivity index (χ1) is 8.63. The summed E-state index contributed by atoms with van der Waals surface area (Å²) in [5.41, 5.74) is 1.60. The molecular formula is C13H17Cl2NO2. The molecule has 1 N–H and O–H groups in total. The number of anilines is 1. The van der Waals surface area contributed by atoms with Gasteiger partial charge >= 0.3 is 6.09 Å². The van der Waals surface area contributed by atoms with Gasteiger partial charge in [-0.1, -0.05) is 17.7 Å². The van der Waals surface area contributed by atoms with Crippen LogP contribution in [0.4, 0.5) is 10.5 Å². The highest BCUT2D eigenvalue weighted by Gasteiger charge is 2.04. The molecule has 0 unspecified atom stereocenters. The number of carbonyl (C=O) groups is 1. The molecular weight excluding hydrogens is 273 g/mol. The Morgan fingerprint density at radius 2 is 2.11 bits per heavy atom. The van der Waals surface area contributed by atoms with Gasteiger partial charge in [-0.25, -0.2) is 4.79 Å². The maximum Gasteiger partial charge on any atom is 0.411 e. The Hall–Kier alpha value is -0.930. The number of benzene rings is 1. The molecule has 18 heavy (non-hydrogen) atoms. The van der Waals surface area contributed by atoms with Gasteiger partial charge in [0, 0.05) is 16.6 Å².